The van der Waals surface area contributed by atoms with E-state index in [0.29, 0.717) is 6.04 Å². The van der Waals surface area contributed by atoms with Gasteiger partial charge in [0.1, 0.15) is 5.75 Å². The van der Waals surface area contributed by atoms with Crippen molar-refractivity contribution in [2.45, 2.75) is 25.3 Å². The Hall–Kier alpha value is -1.10. The Balaban J connectivity index is 0.00000450. The molecule has 1 heterocycles. The average Bonchev–Trinajstić information content (AvgIpc) is 2.77. The SMILES string of the molecule is CN=C(NCCN(C)CCOC)NCC(c1ccc(OC)cc1)N1CCCCC1.I. The van der Waals surface area contributed by atoms with Gasteiger partial charge in [0.05, 0.1) is 19.8 Å². The zero-order valence-electron chi connectivity index (χ0n) is 19.0. The van der Waals surface area contributed by atoms with Crippen LogP contribution < -0.4 is 15.4 Å². The molecular formula is C22H40IN5O2. The average molecular weight is 533 g/mol. The Morgan fingerprint density at radius 3 is 2.40 bits per heavy atom. The third-order valence-electron chi connectivity index (χ3n) is 5.48. The van der Waals surface area contributed by atoms with Crippen LogP contribution in [-0.4, -0.2) is 89.9 Å². The molecule has 172 valence electrons. The molecule has 30 heavy (non-hydrogen) atoms. The maximum Gasteiger partial charge on any atom is 0.191 e. The highest BCUT2D eigenvalue weighted by molar-refractivity contribution is 14.0. The fourth-order valence-corrected chi connectivity index (χ4v) is 3.65. The normalized spacial score (nSPS) is 16.1. The molecule has 1 aromatic carbocycles. The van der Waals surface area contributed by atoms with Crippen molar-refractivity contribution in [3.05, 3.63) is 29.8 Å². The summed E-state index contributed by atoms with van der Waals surface area (Å²) in [7, 11) is 7.38. The molecule has 0 aromatic heterocycles. The number of likely N-dealkylation sites (tertiary alicyclic amines) is 1. The molecule has 1 aliphatic rings. The first-order valence-electron chi connectivity index (χ1n) is 10.7. The van der Waals surface area contributed by atoms with Crippen molar-refractivity contribution in [3.8, 4) is 5.75 Å². The molecule has 1 aliphatic heterocycles. The highest BCUT2D eigenvalue weighted by Crippen LogP contribution is 2.25. The molecule has 1 unspecified atom stereocenters. The highest BCUT2D eigenvalue weighted by atomic mass is 127. The molecule has 0 radical (unpaired) electrons. The van der Waals surface area contributed by atoms with Crippen LogP contribution in [0.3, 0.4) is 0 Å². The standard InChI is InChI=1S/C22H39N5O2.HI/c1-23-22(24-12-15-26(2)16-17-28-3)25-18-21(27-13-6-5-7-14-27)19-8-10-20(29-4)11-9-19;/h8-11,21H,5-7,12-18H2,1-4H3,(H2,23,24,25);1H. The molecule has 8 heteroatoms. The number of hydrogen-bond acceptors (Lipinski definition) is 5. The Morgan fingerprint density at radius 1 is 1.10 bits per heavy atom. The maximum absolute atomic E-state index is 5.33. The number of piperidine rings is 1. The third kappa shape index (κ3) is 9.36. The molecule has 0 saturated carbocycles. The monoisotopic (exact) mass is 533 g/mol. The van der Waals surface area contributed by atoms with Crippen LogP contribution in [0, 0.1) is 0 Å². The van der Waals surface area contributed by atoms with E-state index < -0.39 is 0 Å². The van der Waals surface area contributed by atoms with Gasteiger partial charge in [-0.2, -0.15) is 0 Å². The quantitative estimate of drug-likeness (QED) is 0.259. The van der Waals surface area contributed by atoms with E-state index >= 15 is 0 Å². The summed E-state index contributed by atoms with van der Waals surface area (Å²) in [6, 6.07) is 8.79. The molecule has 0 amide bonds. The van der Waals surface area contributed by atoms with Crippen LogP contribution in [0.5, 0.6) is 5.75 Å². The number of benzene rings is 1. The summed E-state index contributed by atoms with van der Waals surface area (Å²) in [5.74, 6) is 1.75. The number of rotatable bonds is 11. The van der Waals surface area contributed by atoms with Crippen LogP contribution in [-0.2, 0) is 4.74 Å². The molecule has 1 aromatic rings. The second kappa shape index (κ2) is 15.7. The van der Waals surface area contributed by atoms with Gasteiger partial charge in [0, 0.05) is 40.3 Å². The van der Waals surface area contributed by atoms with E-state index in [0.717, 1.165) is 57.6 Å². The first kappa shape index (κ1) is 26.9. The van der Waals surface area contributed by atoms with E-state index in [4.69, 9.17) is 9.47 Å². The van der Waals surface area contributed by atoms with Gasteiger partial charge in [-0.05, 0) is 50.7 Å². The van der Waals surface area contributed by atoms with Gasteiger partial charge in [0.15, 0.2) is 5.96 Å². The van der Waals surface area contributed by atoms with Gasteiger partial charge in [-0.25, -0.2) is 0 Å². The zero-order chi connectivity index (χ0) is 20.9. The Morgan fingerprint density at radius 2 is 1.80 bits per heavy atom. The summed E-state index contributed by atoms with van der Waals surface area (Å²) in [6.07, 6.45) is 3.87. The molecule has 0 aliphatic carbocycles. The van der Waals surface area contributed by atoms with Crippen molar-refractivity contribution in [1.29, 1.82) is 0 Å². The van der Waals surface area contributed by atoms with Crippen LogP contribution >= 0.6 is 24.0 Å². The first-order chi connectivity index (χ1) is 14.2. The predicted octanol–water partition coefficient (Wildman–Crippen LogP) is 2.58. The third-order valence-corrected chi connectivity index (χ3v) is 5.48. The molecule has 2 N–H and O–H groups in total. The molecule has 2 rings (SSSR count). The van der Waals surface area contributed by atoms with Crippen molar-refractivity contribution >= 4 is 29.9 Å². The van der Waals surface area contributed by atoms with Gasteiger partial charge in [0.25, 0.3) is 0 Å². The molecule has 1 fully saturated rings. The van der Waals surface area contributed by atoms with Crippen LogP contribution in [0.1, 0.15) is 30.9 Å². The van der Waals surface area contributed by atoms with E-state index in [-0.39, 0.29) is 24.0 Å². The lowest BCUT2D eigenvalue weighted by Crippen LogP contribution is -2.46. The zero-order valence-corrected chi connectivity index (χ0v) is 21.4. The fraction of sp³-hybridized carbons (Fsp3) is 0.682. The minimum atomic E-state index is 0. The molecule has 0 spiro atoms. The van der Waals surface area contributed by atoms with E-state index in [1.807, 2.05) is 7.05 Å². The lowest BCUT2D eigenvalue weighted by molar-refractivity contribution is 0.161. The van der Waals surface area contributed by atoms with Crippen LogP contribution in [0.4, 0.5) is 0 Å². The van der Waals surface area contributed by atoms with E-state index in [2.05, 4.69) is 56.7 Å². The van der Waals surface area contributed by atoms with E-state index in [9.17, 15) is 0 Å². The lowest BCUT2D eigenvalue weighted by Gasteiger charge is -2.35. The largest absolute Gasteiger partial charge is 0.497 e. The van der Waals surface area contributed by atoms with Crippen molar-refractivity contribution in [2.24, 2.45) is 4.99 Å². The van der Waals surface area contributed by atoms with Gasteiger partial charge < -0.3 is 25.0 Å². The van der Waals surface area contributed by atoms with E-state index in [1.165, 1.54) is 24.8 Å². The van der Waals surface area contributed by atoms with Crippen LogP contribution in [0.25, 0.3) is 0 Å². The number of nitrogens with one attached hydrogen (secondary N) is 2. The van der Waals surface area contributed by atoms with Crippen LogP contribution in [0.15, 0.2) is 29.3 Å². The van der Waals surface area contributed by atoms with Crippen LogP contribution in [0.2, 0.25) is 0 Å². The van der Waals surface area contributed by atoms with Crippen molar-refractivity contribution in [3.63, 3.8) is 0 Å². The van der Waals surface area contributed by atoms with E-state index in [1.54, 1.807) is 14.2 Å². The second-order valence-electron chi connectivity index (χ2n) is 7.56. The predicted molar refractivity (Wildman–Crippen MR) is 135 cm³/mol. The number of guanidine groups is 1. The number of likely N-dealkylation sites (N-methyl/N-ethyl adjacent to an activating group) is 1. The van der Waals surface area contributed by atoms with Gasteiger partial charge in [-0.1, -0.05) is 18.6 Å². The van der Waals surface area contributed by atoms with Gasteiger partial charge in [0.2, 0.25) is 0 Å². The summed E-state index contributed by atoms with van der Waals surface area (Å²) in [6.45, 7) is 6.59. The lowest BCUT2D eigenvalue weighted by atomic mass is 10.0. The van der Waals surface area contributed by atoms with Gasteiger partial charge in [-0.3, -0.25) is 9.89 Å². The molecular weight excluding hydrogens is 493 g/mol. The fourth-order valence-electron chi connectivity index (χ4n) is 3.65. The van der Waals surface area contributed by atoms with Gasteiger partial charge >= 0.3 is 0 Å². The number of methoxy groups -OCH3 is 2. The molecule has 1 saturated heterocycles. The summed E-state index contributed by atoms with van der Waals surface area (Å²) < 4.78 is 10.5. The Labute approximate surface area is 199 Å². The minimum Gasteiger partial charge on any atom is -0.497 e. The summed E-state index contributed by atoms with van der Waals surface area (Å²) in [5, 5.41) is 6.96. The molecule has 0 bridgehead atoms. The Kier molecular flexibility index (Phi) is 14.1. The van der Waals surface area contributed by atoms with Gasteiger partial charge in [-0.15, -0.1) is 24.0 Å². The smallest absolute Gasteiger partial charge is 0.191 e. The topological polar surface area (TPSA) is 61.4 Å². The number of aliphatic imine (C=N–C) groups is 1. The van der Waals surface area contributed by atoms with Crippen molar-refractivity contribution in [1.82, 2.24) is 20.4 Å². The maximum atomic E-state index is 5.33. The first-order valence-corrected chi connectivity index (χ1v) is 10.7. The number of ether oxygens (including phenoxy) is 2. The molecule has 7 nitrogen and oxygen atoms in total. The van der Waals surface area contributed by atoms with Crippen molar-refractivity contribution in [2.75, 3.05) is 74.2 Å². The highest BCUT2D eigenvalue weighted by Gasteiger charge is 2.22. The summed E-state index contributed by atoms with van der Waals surface area (Å²) in [4.78, 5) is 9.23. The second-order valence-corrected chi connectivity index (χ2v) is 7.56. The van der Waals surface area contributed by atoms with Crippen molar-refractivity contribution < 1.29 is 9.47 Å². The minimum absolute atomic E-state index is 0. The number of hydrogen-bond donors (Lipinski definition) is 2. The number of nitrogens with zero attached hydrogens (tertiary/aromatic N) is 3. The molecule has 1 atom stereocenters. The Bertz CT molecular complexity index is 594. The number of halogens is 1. The summed E-state index contributed by atoms with van der Waals surface area (Å²) >= 11 is 0. The summed E-state index contributed by atoms with van der Waals surface area (Å²) in [5.41, 5.74) is 1.31.